The molecule has 1 aromatic heterocycles. The topological polar surface area (TPSA) is 68.0 Å². The number of hydrogen-bond acceptors (Lipinski definition) is 7. The summed E-state index contributed by atoms with van der Waals surface area (Å²) in [6.07, 6.45) is 6.21. The van der Waals surface area contributed by atoms with Gasteiger partial charge in [0, 0.05) is 37.8 Å². The average molecular weight is 438 g/mol. The zero-order chi connectivity index (χ0) is 22.0. The summed E-state index contributed by atoms with van der Waals surface area (Å²) in [5.74, 6) is -0.343. The van der Waals surface area contributed by atoms with E-state index in [1.807, 2.05) is 13.8 Å². The number of hydrogen-bond donors (Lipinski definition) is 0. The number of ether oxygens (including phenoxy) is 2. The third-order valence-corrected chi connectivity index (χ3v) is 7.36. The number of piperidine rings is 1. The molecule has 0 N–H and O–H groups in total. The maximum absolute atomic E-state index is 15.3. The zero-order valence-corrected chi connectivity index (χ0v) is 19.0. The Hall–Kier alpha value is -1.67. The molecular weight excluding hydrogens is 401 g/mol. The number of halogens is 1. The third kappa shape index (κ3) is 5.06. The second-order valence-corrected chi connectivity index (χ2v) is 9.82. The van der Waals surface area contributed by atoms with E-state index in [4.69, 9.17) is 14.0 Å². The fraction of sp³-hybridized carbons (Fsp3) is 0.826. The predicted molar refractivity (Wildman–Crippen MR) is 114 cm³/mol. The van der Waals surface area contributed by atoms with E-state index >= 15 is 4.39 Å². The summed E-state index contributed by atoms with van der Waals surface area (Å²) in [6.45, 7) is 7.58. The van der Waals surface area contributed by atoms with Crippen LogP contribution in [0.2, 0.25) is 0 Å². The Kier molecular flexibility index (Phi) is 6.86. The van der Waals surface area contributed by atoms with E-state index in [9.17, 15) is 4.79 Å². The van der Waals surface area contributed by atoms with Gasteiger partial charge in [0.25, 0.3) is 5.88 Å². The maximum Gasteiger partial charge on any atom is 0.316 e. The van der Waals surface area contributed by atoms with Crippen LogP contribution in [0, 0.1) is 5.92 Å². The highest BCUT2D eigenvalue weighted by atomic mass is 19.1. The highest BCUT2D eigenvalue weighted by Crippen LogP contribution is 2.34. The van der Waals surface area contributed by atoms with Crippen LogP contribution in [-0.2, 0) is 9.53 Å². The molecule has 7 nitrogen and oxygen atoms in total. The van der Waals surface area contributed by atoms with Crippen LogP contribution in [0.25, 0.3) is 0 Å². The molecule has 0 saturated carbocycles. The van der Waals surface area contributed by atoms with Gasteiger partial charge < -0.3 is 18.9 Å². The number of carbonyl (C=O) groups excluding carboxylic acids is 1. The first-order valence-electron chi connectivity index (χ1n) is 11.7. The van der Waals surface area contributed by atoms with Crippen molar-refractivity contribution in [3.63, 3.8) is 0 Å². The molecule has 0 aromatic carbocycles. The van der Waals surface area contributed by atoms with Crippen LogP contribution in [0.4, 0.5) is 4.39 Å². The standard InChI is InChI=1S/C23H36FN3O4/c1-16(2)21(22(28)29-3)19-13-20(25-31-19)30-15-23(24)8-11-26(12-9-23)14-18-7-6-17-5-4-10-27(17)18/h13,16-18,21H,4-12,14-15H2,1-3H3. The Balaban J connectivity index is 1.25. The number of esters is 1. The van der Waals surface area contributed by atoms with Crippen molar-refractivity contribution in [3.8, 4) is 5.88 Å². The second kappa shape index (κ2) is 9.45. The number of fused-ring (bicyclic) bond motifs is 1. The summed E-state index contributed by atoms with van der Waals surface area (Å²) in [5, 5.41) is 3.88. The van der Waals surface area contributed by atoms with Crippen LogP contribution >= 0.6 is 0 Å². The first kappa shape index (κ1) is 22.5. The summed E-state index contributed by atoms with van der Waals surface area (Å²) >= 11 is 0. The van der Waals surface area contributed by atoms with Crippen molar-refractivity contribution in [2.75, 3.05) is 39.9 Å². The molecule has 3 aliphatic rings. The van der Waals surface area contributed by atoms with Crippen LogP contribution in [-0.4, -0.2) is 78.6 Å². The molecule has 0 amide bonds. The summed E-state index contributed by atoms with van der Waals surface area (Å²) in [7, 11) is 1.35. The van der Waals surface area contributed by atoms with E-state index < -0.39 is 11.6 Å². The van der Waals surface area contributed by atoms with E-state index in [1.54, 1.807) is 6.07 Å². The van der Waals surface area contributed by atoms with E-state index in [0.29, 0.717) is 24.6 Å². The van der Waals surface area contributed by atoms with E-state index in [0.717, 1.165) is 25.7 Å². The van der Waals surface area contributed by atoms with Gasteiger partial charge in [0.15, 0.2) is 5.76 Å². The van der Waals surface area contributed by atoms with Crippen molar-refractivity contribution in [2.24, 2.45) is 5.92 Å². The van der Waals surface area contributed by atoms with Crippen LogP contribution in [0.3, 0.4) is 0 Å². The minimum absolute atomic E-state index is 0.0131. The lowest BCUT2D eigenvalue weighted by molar-refractivity contribution is -0.144. The fourth-order valence-electron chi connectivity index (χ4n) is 5.51. The average Bonchev–Trinajstić information content (AvgIpc) is 3.47. The molecule has 4 rings (SSSR count). The number of aromatic nitrogens is 1. The molecule has 31 heavy (non-hydrogen) atoms. The van der Waals surface area contributed by atoms with Gasteiger partial charge in [-0.3, -0.25) is 9.69 Å². The van der Waals surface area contributed by atoms with E-state index in [-0.39, 0.29) is 24.4 Å². The van der Waals surface area contributed by atoms with Gasteiger partial charge in [0.1, 0.15) is 18.2 Å². The lowest BCUT2D eigenvalue weighted by Gasteiger charge is -2.38. The summed E-state index contributed by atoms with van der Waals surface area (Å²) in [4.78, 5) is 17.1. The Labute approximate surface area is 184 Å². The molecule has 8 heteroatoms. The number of nitrogens with zero attached hydrogens (tertiary/aromatic N) is 3. The molecule has 1 aromatic rings. The van der Waals surface area contributed by atoms with Gasteiger partial charge >= 0.3 is 5.97 Å². The van der Waals surface area contributed by atoms with Crippen LogP contribution in [0.15, 0.2) is 10.6 Å². The predicted octanol–water partition coefficient (Wildman–Crippen LogP) is 3.40. The first-order chi connectivity index (χ1) is 14.9. The van der Waals surface area contributed by atoms with Crippen molar-refractivity contribution in [2.45, 2.75) is 76.0 Å². The van der Waals surface area contributed by atoms with Crippen LogP contribution in [0.1, 0.15) is 64.1 Å². The van der Waals surface area contributed by atoms with Gasteiger partial charge in [-0.05, 0) is 56.1 Å². The van der Waals surface area contributed by atoms with Crippen LogP contribution in [0.5, 0.6) is 5.88 Å². The van der Waals surface area contributed by atoms with Crippen LogP contribution < -0.4 is 4.74 Å². The molecule has 0 radical (unpaired) electrons. The highest BCUT2D eigenvalue weighted by molar-refractivity contribution is 5.77. The Morgan fingerprint density at radius 1 is 1.29 bits per heavy atom. The maximum atomic E-state index is 15.3. The monoisotopic (exact) mass is 437 g/mol. The van der Waals surface area contributed by atoms with Crippen molar-refractivity contribution in [1.82, 2.24) is 15.0 Å². The quantitative estimate of drug-likeness (QED) is 0.578. The van der Waals surface area contributed by atoms with Crippen molar-refractivity contribution in [3.05, 3.63) is 11.8 Å². The molecule has 3 aliphatic heterocycles. The van der Waals surface area contributed by atoms with Gasteiger partial charge in [-0.25, -0.2) is 4.39 Å². The molecule has 0 aliphatic carbocycles. The lowest BCUT2D eigenvalue weighted by atomic mass is 9.93. The molecule has 3 fully saturated rings. The van der Waals surface area contributed by atoms with Gasteiger partial charge in [-0.15, -0.1) is 0 Å². The molecular formula is C23H36FN3O4. The van der Waals surface area contributed by atoms with Gasteiger partial charge in [0.2, 0.25) is 0 Å². The van der Waals surface area contributed by atoms with Crippen molar-refractivity contribution < 1.29 is 23.2 Å². The second-order valence-electron chi connectivity index (χ2n) is 9.82. The third-order valence-electron chi connectivity index (χ3n) is 7.36. The molecule has 174 valence electrons. The Morgan fingerprint density at radius 3 is 2.77 bits per heavy atom. The van der Waals surface area contributed by atoms with Gasteiger partial charge in [-0.1, -0.05) is 13.8 Å². The summed E-state index contributed by atoms with van der Waals surface area (Å²) < 4.78 is 31.1. The Bertz CT molecular complexity index is 747. The number of carbonyl (C=O) groups is 1. The number of likely N-dealkylation sites (tertiary alicyclic amines) is 1. The molecule has 0 bridgehead atoms. The number of methoxy groups -OCH3 is 1. The fourth-order valence-corrected chi connectivity index (χ4v) is 5.51. The van der Waals surface area contributed by atoms with E-state index in [2.05, 4.69) is 15.0 Å². The number of rotatable bonds is 8. The largest absolute Gasteiger partial charge is 0.472 e. The lowest BCUT2D eigenvalue weighted by Crippen LogP contribution is -2.49. The minimum atomic E-state index is -1.36. The Morgan fingerprint density at radius 2 is 2.06 bits per heavy atom. The normalized spacial score (nSPS) is 27.4. The summed E-state index contributed by atoms with van der Waals surface area (Å²) in [6, 6.07) is 3.02. The molecule has 3 saturated heterocycles. The van der Waals surface area contributed by atoms with Crippen molar-refractivity contribution >= 4 is 5.97 Å². The highest BCUT2D eigenvalue weighted by Gasteiger charge is 2.40. The first-order valence-corrected chi connectivity index (χ1v) is 11.7. The number of alkyl halides is 1. The molecule has 4 heterocycles. The van der Waals surface area contributed by atoms with Gasteiger partial charge in [0.05, 0.1) is 7.11 Å². The van der Waals surface area contributed by atoms with Crippen molar-refractivity contribution in [1.29, 1.82) is 0 Å². The molecule has 3 atom stereocenters. The smallest absolute Gasteiger partial charge is 0.316 e. The zero-order valence-electron chi connectivity index (χ0n) is 19.0. The minimum Gasteiger partial charge on any atom is -0.472 e. The SMILES string of the molecule is COC(=O)C(c1cc(OCC2(F)CCN(CC3CCC4CCCN43)CC2)no1)C(C)C. The van der Waals surface area contributed by atoms with Gasteiger partial charge in [-0.2, -0.15) is 0 Å². The molecule has 3 unspecified atom stereocenters. The van der Waals surface area contributed by atoms with E-state index in [1.165, 1.54) is 39.3 Å². The summed E-state index contributed by atoms with van der Waals surface area (Å²) in [5.41, 5.74) is -1.36. The molecule has 0 spiro atoms.